The third-order valence-corrected chi connectivity index (χ3v) is 7.53. The number of carbonyl (C=O) groups is 2. The molecule has 2 aromatic carbocycles. The Bertz CT molecular complexity index is 1300. The molecule has 2 aliphatic heterocycles. The number of alkyl halides is 6. The van der Waals surface area contributed by atoms with Gasteiger partial charge in [-0.15, -0.1) is 0 Å². The average molecular weight is 589 g/mol. The topological polar surface area (TPSA) is 77.1 Å². The summed E-state index contributed by atoms with van der Waals surface area (Å²) in [4.78, 5) is 26.8. The van der Waals surface area contributed by atoms with Gasteiger partial charge in [-0.05, 0) is 49.9 Å². The van der Waals surface area contributed by atoms with E-state index in [4.69, 9.17) is 14.2 Å². The largest absolute Gasteiger partial charge is 0.497 e. The van der Waals surface area contributed by atoms with Crippen LogP contribution in [0.2, 0.25) is 0 Å². The van der Waals surface area contributed by atoms with Crippen molar-refractivity contribution < 1.29 is 50.1 Å². The number of hydrogen-bond donors (Lipinski definition) is 1. The van der Waals surface area contributed by atoms with Gasteiger partial charge in [0.25, 0.3) is 5.91 Å². The van der Waals surface area contributed by atoms with Gasteiger partial charge in [-0.25, -0.2) is 4.79 Å². The van der Waals surface area contributed by atoms with E-state index in [2.05, 4.69) is 5.32 Å². The lowest BCUT2D eigenvalue weighted by Gasteiger charge is -2.32. The molecule has 0 aliphatic carbocycles. The number of unbranched alkanes of at least 4 members (excludes halogenated alkanes) is 1. The second kappa shape index (κ2) is 11.0. The lowest BCUT2D eigenvalue weighted by molar-refractivity contribution is -0.303. The Morgan fingerprint density at radius 1 is 1.05 bits per heavy atom. The van der Waals surface area contributed by atoms with Gasteiger partial charge >= 0.3 is 18.4 Å². The van der Waals surface area contributed by atoms with Crippen molar-refractivity contribution in [2.75, 3.05) is 26.9 Å². The van der Waals surface area contributed by atoms with Crippen LogP contribution < -0.4 is 19.5 Å². The molecule has 1 atom stereocenters. The molecule has 41 heavy (non-hydrogen) atoms. The fourth-order valence-corrected chi connectivity index (χ4v) is 5.20. The Labute approximate surface area is 232 Å². The van der Waals surface area contributed by atoms with E-state index in [9.17, 15) is 35.9 Å². The van der Waals surface area contributed by atoms with Crippen LogP contribution in [0.3, 0.4) is 0 Å². The van der Waals surface area contributed by atoms with Crippen LogP contribution in [0.1, 0.15) is 49.8 Å². The van der Waals surface area contributed by atoms with Crippen molar-refractivity contribution in [1.29, 1.82) is 0 Å². The number of fused-ring (bicyclic) bond motifs is 1. The minimum Gasteiger partial charge on any atom is -0.497 e. The molecule has 4 rings (SSSR count). The first-order valence-electron chi connectivity index (χ1n) is 13.0. The van der Waals surface area contributed by atoms with E-state index in [-0.39, 0.29) is 30.9 Å². The van der Waals surface area contributed by atoms with Gasteiger partial charge in [0.2, 0.25) is 5.41 Å². The fourth-order valence-electron chi connectivity index (χ4n) is 5.20. The van der Waals surface area contributed by atoms with Gasteiger partial charge in [0.05, 0.1) is 13.7 Å². The van der Waals surface area contributed by atoms with E-state index in [1.54, 1.807) is 38.1 Å². The molecule has 0 spiro atoms. The van der Waals surface area contributed by atoms with Crippen molar-refractivity contribution in [3.05, 3.63) is 53.1 Å². The molecule has 7 nitrogen and oxygen atoms in total. The number of halogens is 6. The van der Waals surface area contributed by atoms with Crippen molar-refractivity contribution in [1.82, 2.24) is 10.2 Å². The summed E-state index contributed by atoms with van der Waals surface area (Å²) in [5.74, 6) is -0.222. The van der Waals surface area contributed by atoms with Gasteiger partial charge in [0, 0.05) is 17.7 Å². The Morgan fingerprint density at radius 2 is 1.76 bits per heavy atom. The Kier molecular flexibility index (Phi) is 8.12. The lowest BCUT2D eigenvalue weighted by Crippen LogP contribution is -2.55. The molecule has 13 heteroatoms. The maximum absolute atomic E-state index is 13.8. The van der Waals surface area contributed by atoms with Gasteiger partial charge in [-0.2, -0.15) is 26.3 Å². The maximum Gasteiger partial charge on any atom is 0.410 e. The molecule has 1 saturated heterocycles. The van der Waals surface area contributed by atoms with E-state index in [0.717, 1.165) is 17.0 Å². The monoisotopic (exact) mass is 588 g/mol. The van der Waals surface area contributed by atoms with E-state index < -0.39 is 53.2 Å². The summed E-state index contributed by atoms with van der Waals surface area (Å²) in [6, 6.07) is 8.12. The number of carbonyl (C=O) groups excluding carboxylic acids is 2. The normalized spacial score (nSPS) is 20.1. The second-order valence-electron chi connectivity index (χ2n) is 10.2. The van der Waals surface area contributed by atoms with Crippen molar-refractivity contribution >= 4 is 11.9 Å². The van der Waals surface area contributed by atoms with Crippen LogP contribution in [-0.2, 0) is 22.2 Å². The van der Waals surface area contributed by atoms with Gasteiger partial charge in [0.1, 0.15) is 29.4 Å². The standard InChI is InChI=1S/C28H30F6N2O5/c1-4-8-19-21(12-11-20-22(19)41-16-26(20,27(29,30)31)28(32,33)34)40-14-6-5-13-36-23(37)25(2,35-24(36)38)17-9-7-10-18(15-17)39-3/h7,9-12,15H,4-6,8,13-14,16H2,1-3H3,(H,35,38). The van der Waals surface area contributed by atoms with Crippen molar-refractivity contribution in [2.24, 2.45) is 0 Å². The molecular formula is C28H30F6N2O5. The average Bonchev–Trinajstić information content (AvgIpc) is 3.42. The summed E-state index contributed by atoms with van der Waals surface area (Å²) in [5, 5.41) is 2.71. The van der Waals surface area contributed by atoms with Crippen LogP contribution >= 0.6 is 0 Å². The third kappa shape index (κ3) is 5.14. The van der Waals surface area contributed by atoms with Gasteiger partial charge in [-0.1, -0.05) is 31.5 Å². The highest BCUT2D eigenvalue weighted by atomic mass is 19.4. The van der Waals surface area contributed by atoms with Gasteiger partial charge < -0.3 is 19.5 Å². The molecule has 2 aliphatic rings. The van der Waals surface area contributed by atoms with Gasteiger partial charge in [-0.3, -0.25) is 9.69 Å². The van der Waals surface area contributed by atoms with Crippen LogP contribution in [0, 0.1) is 0 Å². The molecule has 3 amide bonds. The van der Waals surface area contributed by atoms with E-state index in [1.165, 1.54) is 7.11 Å². The number of amides is 3. The second-order valence-corrected chi connectivity index (χ2v) is 10.2. The number of methoxy groups -OCH3 is 1. The summed E-state index contributed by atoms with van der Waals surface area (Å²) in [6.07, 6.45) is -9.93. The summed E-state index contributed by atoms with van der Waals surface area (Å²) in [7, 11) is 1.49. The summed E-state index contributed by atoms with van der Waals surface area (Å²) in [5.41, 5.74) is -5.65. The maximum atomic E-state index is 13.8. The molecule has 1 fully saturated rings. The zero-order valence-corrected chi connectivity index (χ0v) is 22.7. The van der Waals surface area contributed by atoms with E-state index >= 15 is 0 Å². The van der Waals surface area contributed by atoms with Crippen LogP contribution in [0.15, 0.2) is 36.4 Å². The molecule has 1 unspecified atom stereocenters. The first kappa shape index (κ1) is 30.3. The minimum absolute atomic E-state index is 0.0516. The lowest BCUT2D eigenvalue weighted by atomic mass is 9.80. The zero-order valence-electron chi connectivity index (χ0n) is 22.7. The summed E-state index contributed by atoms with van der Waals surface area (Å²) < 4.78 is 98.6. The first-order valence-corrected chi connectivity index (χ1v) is 13.0. The molecule has 2 aromatic rings. The Morgan fingerprint density at radius 3 is 2.39 bits per heavy atom. The molecule has 0 aromatic heterocycles. The van der Waals surface area contributed by atoms with Crippen molar-refractivity contribution in [3.63, 3.8) is 0 Å². The minimum atomic E-state index is -5.61. The number of nitrogens with zero attached hydrogens (tertiary/aromatic N) is 1. The summed E-state index contributed by atoms with van der Waals surface area (Å²) >= 11 is 0. The number of rotatable bonds is 10. The number of benzene rings is 2. The first-order chi connectivity index (χ1) is 19.2. The molecule has 0 saturated carbocycles. The van der Waals surface area contributed by atoms with Gasteiger partial charge in [0.15, 0.2) is 0 Å². The molecule has 0 bridgehead atoms. The number of imide groups is 1. The fraction of sp³-hybridized carbons (Fsp3) is 0.500. The van der Waals surface area contributed by atoms with Crippen LogP contribution in [0.5, 0.6) is 17.2 Å². The molecule has 224 valence electrons. The summed E-state index contributed by atoms with van der Waals surface area (Å²) in [6.45, 7) is 1.88. The highest BCUT2D eigenvalue weighted by Gasteiger charge is 2.75. The van der Waals surface area contributed by atoms with Crippen molar-refractivity contribution in [2.45, 2.75) is 62.8 Å². The zero-order chi connectivity index (χ0) is 30.2. The van der Waals surface area contributed by atoms with Crippen LogP contribution in [0.4, 0.5) is 31.1 Å². The Balaban J connectivity index is 1.42. The number of ether oxygens (including phenoxy) is 3. The highest BCUT2D eigenvalue weighted by molar-refractivity contribution is 6.07. The van der Waals surface area contributed by atoms with Crippen molar-refractivity contribution in [3.8, 4) is 17.2 Å². The number of hydrogen-bond acceptors (Lipinski definition) is 5. The van der Waals surface area contributed by atoms with E-state index in [0.29, 0.717) is 30.6 Å². The highest BCUT2D eigenvalue weighted by Crippen LogP contribution is 2.59. The van der Waals surface area contributed by atoms with E-state index in [1.807, 2.05) is 0 Å². The third-order valence-electron chi connectivity index (χ3n) is 7.53. The predicted molar refractivity (Wildman–Crippen MR) is 135 cm³/mol. The number of urea groups is 1. The predicted octanol–water partition coefficient (Wildman–Crippen LogP) is 6.03. The number of nitrogens with one attached hydrogen (secondary N) is 1. The van der Waals surface area contributed by atoms with Crippen LogP contribution in [0.25, 0.3) is 0 Å². The quantitative estimate of drug-likeness (QED) is 0.209. The Hall–Kier alpha value is -3.64. The molecule has 1 N–H and O–H groups in total. The molecular weight excluding hydrogens is 558 g/mol. The van der Waals surface area contributed by atoms with Crippen LogP contribution in [-0.4, -0.2) is 56.1 Å². The smallest absolute Gasteiger partial charge is 0.410 e. The molecule has 0 radical (unpaired) electrons. The molecule has 2 heterocycles. The SMILES string of the molecule is CCCc1c(OCCCCN2C(=O)NC(C)(c3cccc(OC)c3)C2=O)ccc2c1OCC2(C(F)(F)F)C(F)(F)F.